The summed E-state index contributed by atoms with van der Waals surface area (Å²) in [6.07, 6.45) is 3.93. The molecule has 3 rings (SSSR count). The van der Waals surface area contributed by atoms with Crippen LogP contribution in [0.25, 0.3) is 5.65 Å². The number of nitrogens with zero attached hydrogens (tertiary/aromatic N) is 3. The van der Waals surface area contributed by atoms with Gasteiger partial charge in [-0.25, -0.2) is 4.98 Å². The topological polar surface area (TPSA) is 78.7 Å². The monoisotopic (exact) mass is 329 g/mol. The fourth-order valence-electron chi connectivity index (χ4n) is 2.87. The molecule has 1 amide bonds. The van der Waals surface area contributed by atoms with Crippen LogP contribution in [0, 0.1) is 6.92 Å². The van der Waals surface area contributed by atoms with Crippen LogP contribution in [0.15, 0.2) is 29.3 Å². The van der Waals surface area contributed by atoms with E-state index in [1.807, 2.05) is 13.0 Å². The highest BCUT2D eigenvalue weighted by molar-refractivity contribution is 5.93. The zero-order valence-electron chi connectivity index (χ0n) is 13.9. The first kappa shape index (κ1) is 16.6. The van der Waals surface area contributed by atoms with Crippen molar-refractivity contribution in [3.8, 4) is 0 Å². The fourth-order valence-corrected chi connectivity index (χ4v) is 2.87. The highest BCUT2D eigenvalue weighted by Crippen LogP contribution is 2.02. The maximum atomic E-state index is 12.4. The Morgan fingerprint density at radius 1 is 1.33 bits per heavy atom. The normalized spacial score (nSPS) is 15.5. The second-order valence-corrected chi connectivity index (χ2v) is 6.11. The summed E-state index contributed by atoms with van der Waals surface area (Å²) in [5.74, 6) is -0.358. The molecule has 24 heavy (non-hydrogen) atoms. The molecule has 0 aliphatic carbocycles. The Balaban J connectivity index is 1.59. The molecule has 128 valence electrons. The van der Waals surface area contributed by atoms with E-state index in [0.29, 0.717) is 12.2 Å². The molecule has 2 N–H and O–H groups in total. The lowest BCUT2D eigenvalue weighted by molar-refractivity contribution is 0.0949. The smallest absolute Gasteiger partial charge is 0.270 e. The summed E-state index contributed by atoms with van der Waals surface area (Å²) in [4.78, 5) is 31.3. The molecule has 0 unspecified atom stereocenters. The van der Waals surface area contributed by atoms with Crippen LogP contribution in [0.4, 0.5) is 0 Å². The number of carbonyl (C=O) groups excluding carboxylic acids is 1. The zero-order chi connectivity index (χ0) is 16.9. The van der Waals surface area contributed by atoms with Crippen LogP contribution in [-0.4, -0.2) is 59.5 Å². The Bertz CT molecular complexity index is 780. The van der Waals surface area contributed by atoms with Crippen molar-refractivity contribution in [1.82, 2.24) is 24.9 Å². The van der Waals surface area contributed by atoms with Crippen molar-refractivity contribution in [1.29, 1.82) is 0 Å². The molecule has 0 radical (unpaired) electrons. The predicted octanol–water partition coefficient (Wildman–Crippen LogP) is 0.0280. The van der Waals surface area contributed by atoms with Gasteiger partial charge in [0, 0.05) is 45.1 Å². The Hall–Kier alpha value is -2.25. The second-order valence-electron chi connectivity index (χ2n) is 6.11. The van der Waals surface area contributed by atoms with Crippen LogP contribution < -0.4 is 16.2 Å². The van der Waals surface area contributed by atoms with Crippen LogP contribution in [-0.2, 0) is 0 Å². The number of amides is 1. The Labute approximate surface area is 140 Å². The third-order valence-corrected chi connectivity index (χ3v) is 4.24. The van der Waals surface area contributed by atoms with E-state index in [4.69, 9.17) is 0 Å². The van der Waals surface area contributed by atoms with E-state index in [1.165, 1.54) is 10.6 Å². The van der Waals surface area contributed by atoms with Gasteiger partial charge in [0.1, 0.15) is 11.2 Å². The van der Waals surface area contributed by atoms with Crippen molar-refractivity contribution < 1.29 is 4.79 Å². The molecule has 1 saturated heterocycles. The first-order chi connectivity index (χ1) is 11.6. The number of rotatable bonds is 5. The molecule has 2 aromatic heterocycles. The van der Waals surface area contributed by atoms with Crippen LogP contribution in [0.1, 0.15) is 22.3 Å². The Kier molecular flexibility index (Phi) is 5.22. The van der Waals surface area contributed by atoms with Crippen LogP contribution in [0.3, 0.4) is 0 Å². The van der Waals surface area contributed by atoms with Gasteiger partial charge in [-0.05, 0) is 31.5 Å². The van der Waals surface area contributed by atoms with Crippen molar-refractivity contribution in [2.45, 2.75) is 13.3 Å². The third kappa shape index (κ3) is 3.80. The van der Waals surface area contributed by atoms with Gasteiger partial charge in [-0.1, -0.05) is 6.07 Å². The summed E-state index contributed by atoms with van der Waals surface area (Å²) < 4.78 is 1.42. The number of nitrogens with one attached hydrogen (secondary N) is 2. The molecule has 0 bridgehead atoms. The van der Waals surface area contributed by atoms with Crippen molar-refractivity contribution >= 4 is 11.6 Å². The van der Waals surface area contributed by atoms with Crippen molar-refractivity contribution in [3.05, 3.63) is 46.0 Å². The molecule has 0 saturated carbocycles. The Morgan fingerprint density at radius 2 is 2.12 bits per heavy atom. The highest BCUT2D eigenvalue weighted by atomic mass is 16.2. The SMILES string of the molecule is Cc1ccc2ncc(C(=O)NCCCN3CCNCC3)c(=O)n2c1. The summed E-state index contributed by atoms with van der Waals surface area (Å²) in [5, 5.41) is 6.14. The minimum absolute atomic E-state index is 0.0836. The molecule has 0 aromatic carbocycles. The quantitative estimate of drug-likeness (QED) is 0.757. The maximum absolute atomic E-state index is 12.4. The lowest BCUT2D eigenvalue weighted by Crippen LogP contribution is -2.44. The molecule has 0 atom stereocenters. The molecule has 7 heteroatoms. The molecule has 0 spiro atoms. The summed E-state index contributed by atoms with van der Waals surface area (Å²) in [6.45, 7) is 7.53. The number of carbonyl (C=O) groups is 1. The van der Waals surface area contributed by atoms with E-state index in [9.17, 15) is 9.59 Å². The standard InChI is InChI=1S/C17H23N5O2/c1-13-3-4-15-20-11-14(17(24)22(15)12-13)16(23)19-5-2-8-21-9-6-18-7-10-21/h3-4,11-12,18H,2,5-10H2,1H3,(H,19,23). The van der Waals surface area contributed by atoms with E-state index >= 15 is 0 Å². The second kappa shape index (κ2) is 7.55. The molecule has 3 heterocycles. The van der Waals surface area contributed by atoms with Gasteiger partial charge in [0.15, 0.2) is 0 Å². The largest absolute Gasteiger partial charge is 0.352 e. The molecule has 7 nitrogen and oxygen atoms in total. The number of fused-ring (bicyclic) bond motifs is 1. The average Bonchev–Trinajstić information content (AvgIpc) is 2.60. The highest BCUT2D eigenvalue weighted by Gasteiger charge is 2.13. The van der Waals surface area contributed by atoms with E-state index in [1.54, 1.807) is 12.3 Å². The number of piperazine rings is 1. The number of aromatic nitrogens is 2. The number of hydrogen-bond acceptors (Lipinski definition) is 5. The van der Waals surface area contributed by atoms with E-state index in [-0.39, 0.29) is 17.0 Å². The summed E-state index contributed by atoms with van der Waals surface area (Å²) in [5.41, 5.74) is 1.24. The molecule has 1 aliphatic heterocycles. The van der Waals surface area contributed by atoms with Crippen molar-refractivity contribution in [2.75, 3.05) is 39.3 Å². The summed E-state index contributed by atoms with van der Waals surface area (Å²) >= 11 is 0. The van der Waals surface area contributed by atoms with Crippen LogP contribution >= 0.6 is 0 Å². The molecule has 1 fully saturated rings. The maximum Gasteiger partial charge on any atom is 0.270 e. The van der Waals surface area contributed by atoms with E-state index in [0.717, 1.165) is 44.7 Å². The van der Waals surface area contributed by atoms with Crippen molar-refractivity contribution in [3.63, 3.8) is 0 Å². The van der Waals surface area contributed by atoms with Gasteiger partial charge in [-0.3, -0.25) is 14.0 Å². The van der Waals surface area contributed by atoms with E-state index in [2.05, 4.69) is 20.5 Å². The van der Waals surface area contributed by atoms with Gasteiger partial charge < -0.3 is 15.5 Å². The van der Waals surface area contributed by atoms with Gasteiger partial charge >= 0.3 is 0 Å². The third-order valence-electron chi connectivity index (χ3n) is 4.24. The van der Waals surface area contributed by atoms with Crippen molar-refractivity contribution in [2.24, 2.45) is 0 Å². The van der Waals surface area contributed by atoms with Gasteiger partial charge in [0.2, 0.25) is 0 Å². The lowest BCUT2D eigenvalue weighted by atomic mass is 10.2. The fraction of sp³-hybridized carbons (Fsp3) is 0.471. The average molecular weight is 329 g/mol. The minimum atomic E-state index is -0.358. The molecular formula is C17H23N5O2. The summed E-state index contributed by atoms with van der Waals surface area (Å²) in [7, 11) is 0. The van der Waals surface area contributed by atoms with Gasteiger partial charge in [0.25, 0.3) is 11.5 Å². The number of aryl methyl sites for hydroxylation is 1. The predicted molar refractivity (Wildman–Crippen MR) is 92.5 cm³/mol. The molecule has 1 aliphatic rings. The molecular weight excluding hydrogens is 306 g/mol. The Morgan fingerprint density at radius 3 is 2.92 bits per heavy atom. The summed E-state index contributed by atoms with van der Waals surface area (Å²) in [6, 6.07) is 3.66. The number of hydrogen-bond donors (Lipinski definition) is 2. The number of pyridine rings is 1. The zero-order valence-corrected chi connectivity index (χ0v) is 13.9. The first-order valence-corrected chi connectivity index (χ1v) is 8.34. The van der Waals surface area contributed by atoms with Gasteiger partial charge in [0.05, 0.1) is 0 Å². The van der Waals surface area contributed by atoms with Gasteiger partial charge in [-0.2, -0.15) is 0 Å². The first-order valence-electron chi connectivity index (χ1n) is 8.34. The molecule has 2 aromatic rings. The van der Waals surface area contributed by atoms with Crippen LogP contribution in [0.2, 0.25) is 0 Å². The van der Waals surface area contributed by atoms with Crippen LogP contribution in [0.5, 0.6) is 0 Å². The minimum Gasteiger partial charge on any atom is -0.352 e. The van der Waals surface area contributed by atoms with Gasteiger partial charge in [-0.15, -0.1) is 0 Å². The van der Waals surface area contributed by atoms with E-state index < -0.39 is 0 Å². The lowest BCUT2D eigenvalue weighted by Gasteiger charge is -2.27.